The highest BCUT2D eigenvalue weighted by molar-refractivity contribution is 5.82. The second-order valence-electron chi connectivity index (χ2n) is 5.42. The average molecular weight is 291 g/mol. The summed E-state index contributed by atoms with van der Waals surface area (Å²) in [5, 5.41) is 6.29. The molecule has 0 bridgehead atoms. The molecule has 7 heteroatoms. The van der Waals surface area contributed by atoms with E-state index >= 15 is 0 Å². The molecule has 2 N–H and O–H groups in total. The number of nitrogens with one attached hydrogen (secondary N) is 2. The summed E-state index contributed by atoms with van der Waals surface area (Å²) in [6.07, 6.45) is 5.50. The Morgan fingerprint density at radius 2 is 2.29 bits per heavy atom. The molecule has 2 saturated heterocycles. The van der Waals surface area contributed by atoms with E-state index in [-0.39, 0.29) is 18.0 Å². The van der Waals surface area contributed by atoms with Gasteiger partial charge in [-0.15, -0.1) is 0 Å². The lowest BCUT2D eigenvalue weighted by Crippen LogP contribution is -2.56. The summed E-state index contributed by atoms with van der Waals surface area (Å²) < 4.78 is 5.33. The molecule has 2 fully saturated rings. The van der Waals surface area contributed by atoms with E-state index in [4.69, 9.17) is 4.74 Å². The van der Waals surface area contributed by atoms with Crippen molar-refractivity contribution in [3.05, 3.63) is 18.5 Å². The summed E-state index contributed by atoms with van der Waals surface area (Å²) in [5.74, 6) is 0.756. The number of rotatable bonds is 3. The normalized spacial score (nSPS) is 26.4. The van der Waals surface area contributed by atoms with Gasteiger partial charge in [-0.3, -0.25) is 4.79 Å². The van der Waals surface area contributed by atoms with Crippen molar-refractivity contribution in [2.24, 2.45) is 0 Å². The van der Waals surface area contributed by atoms with E-state index in [1.165, 1.54) is 0 Å². The number of carbonyl (C=O) groups excluding carboxylic acids is 1. The number of aromatic nitrogens is 2. The number of nitrogens with zero attached hydrogens (tertiary/aromatic N) is 3. The Labute approximate surface area is 124 Å². The maximum atomic E-state index is 12.2. The van der Waals surface area contributed by atoms with Crippen molar-refractivity contribution < 1.29 is 9.53 Å². The van der Waals surface area contributed by atoms with Crippen LogP contribution in [0.2, 0.25) is 0 Å². The number of hydrogen-bond acceptors (Lipinski definition) is 6. The molecule has 1 aromatic rings. The molecule has 2 atom stereocenters. The Morgan fingerprint density at radius 3 is 3.05 bits per heavy atom. The Morgan fingerprint density at radius 1 is 1.43 bits per heavy atom. The van der Waals surface area contributed by atoms with Crippen molar-refractivity contribution in [2.75, 3.05) is 37.7 Å². The first-order chi connectivity index (χ1) is 10.3. The van der Waals surface area contributed by atoms with Crippen molar-refractivity contribution in [3.8, 4) is 0 Å². The minimum Gasteiger partial charge on any atom is -0.378 e. The van der Waals surface area contributed by atoms with Gasteiger partial charge in [0.05, 0.1) is 13.2 Å². The Balaban J connectivity index is 1.55. The minimum absolute atomic E-state index is 0.0236. The Hall–Kier alpha value is -1.73. The number of carbonyl (C=O) groups is 1. The van der Waals surface area contributed by atoms with E-state index in [0.717, 1.165) is 38.4 Å². The molecule has 3 rings (SSSR count). The van der Waals surface area contributed by atoms with Crippen LogP contribution in [0.25, 0.3) is 0 Å². The third-order valence-electron chi connectivity index (χ3n) is 3.84. The zero-order valence-electron chi connectivity index (χ0n) is 12.0. The first kappa shape index (κ1) is 14.2. The highest BCUT2D eigenvalue weighted by Gasteiger charge is 2.27. The van der Waals surface area contributed by atoms with Gasteiger partial charge in [0.1, 0.15) is 6.04 Å². The molecule has 0 radical (unpaired) electrons. The molecule has 2 aliphatic rings. The highest BCUT2D eigenvalue weighted by Crippen LogP contribution is 2.15. The number of piperidine rings is 1. The van der Waals surface area contributed by atoms with Crippen LogP contribution in [0.15, 0.2) is 18.5 Å². The number of ether oxygens (including phenoxy) is 1. The predicted octanol–water partition coefficient (Wildman–Crippen LogP) is -0.450. The van der Waals surface area contributed by atoms with E-state index in [1.54, 1.807) is 18.5 Å². The smallest absolute Gasteiger partial charge is 0.239 e. The fourth-order valence-electron chi connectivity index (χ4n) is 2.77. The van der Waals surface area contributed by atoms with Gasteiger partial charge in [0.25, 0.3) is 0 Å². The predicted molar refractivity (Wildman–Crippen MR) is 78.0 cm³/mol. The lowest BCUT2D eigenvalue weighted by Gasteiger charge is -2.34. The van der Waals surface area contributed by atoms with Crippen LogP contribution in [0.1, 0.15) is 12.8 Å². The van der Waals surface area contributed by atoms with Gasteiger partial charge in [0, 0.05) is 38.1 Å². The fraction of sp³-hybridized carbons (Fsp3) is 0.643. The SMILES string of the molecule is O=C(NC1CCCN(c2ncccn2)C1)C1COCCN1. The molecule has 0 aliphatic carbocycles. The van der Waals surface area contributed by atoms with Gasteiger partial charge < -0.3 is 20.3 Å². The molecular weight excluding hydrogens is 270 g/mol. The number of anilines is 1. The molecular formula is C14H21N5O2. The summed E-state index contributed by atoms with van der Waals surface area (Å²) in [5.41, 5.74) is 0. The third kappa shape index (κ3) is 3.68. The zero-order valence-corrected chi connectivity index (χ0v) is 12.0. The first-order valence-corrected chi connectivity index (χ1v) is 7.46. The molecule has 0 spiro atoms. The molecule has 114 valence electrons. The second kappa shape index (κ2) is 6.82. The Bertz CT molecular complexity index is 464. The van der Waals surface area contributed by atoms with Crippen molar-refractivity contribution in [2.45, 2.75) is 24.9 Å². The van der Waals surface area contributed by atoms with Crippen LogP contribution in [0, 0.1) is 0 Å². The topological polar surface area (TPSA) is 79.4 Å². The van der Waals surface area contributed by atoms with Crippen molar-refractivity contribution in [3.63, 3.8) is 0 Å². The molecule has 3 heterocycles. The van der Waals surface area contributed by atoms with Crippen molar-refractivity contribution >= 4 is 11.9 Å². The van der Waals surface area contributed by atoms with E-state index in [0.29, 0.717) is 13.2 Å². The first-order valence-electron chi connectivity index (χ1n) is 7.46. The maximum absolute atomic E-state index is 12.2. The summed E-state index contributed by atoms with van der Waals surface area (Å²) in [7, 11) is 0. The van der Waals surface area contributed by atoms with Gasteiger partial charge >= 0.3 is 0 Å². The number of hydrogen-bond donors (Lipinski definition) is 2. The van der Waals surface area contributed by atoms with Crippen LogP contribution in [0.3, 0.4) is 0 Å². The van der Waals surface area contributed by atoms with Crippen LogP contribution in [0.4, 0.5) is 5.95 Å². The van der Waals surface area contributed by atoms with Gasteiger partial charge in [0.2, 0.25) is 11.9 Å². The van der Waals surface area contributed by atoms with E-state index < -0.39 is 0 Å². The van der Waals surface area contributed by atoms with Crippen molar-refractivity contribution in [1.29, 1.82) is 0 Å². The monoisotopic (exact) mass is 291 g/mol. The number of morpholine rings is 1. The molecule has 2 aliphatic heterocycles. The summed E-state index contributed by atoms with van der Waals surface area (Å²) in [4.78, 5) is 22.9. The van der Waals surface area contributed by atoms with Crippen LogP contribution in [-0.4, -0.2) is 60.8 Å². The van der Waals surface area contributed by atoms with Gasteiger partial charge in [0.15, 0.2) is 0 Å². The quantitative estimate of drug-likeness (QED) is 0.785. The standard InChI is InChI=1S/C14H21N5O2/c20-13(12-10-21-8-6-15-12)18-11-3-1-7-19(9-11)14-16-4-2-5-17-14/h2,4-5,11-12,15H,1,3,6-10H2,(H,18,20). The summed E-state index contributed by atoms with van der Waals surface area (Å²) in [6, 6.07) is 1.71. The highest BCUT2D eigenvalue weighted by atomic mass is 16.5. The molecule has 0 saturated carbocycles. The van der Waals surface area contributed by atoms with Crippen LogP contribution >= 0.6 is 0 Å². The lowest BCUT2D eigenvalue weighted by molar-refractivity contribution is -0.126. The third-order valence-corrected chi connectivity index (χ3v) is 3.84. The molecule has 1 amide bonds. The molecule has 1 aromatic heterocycles. The van der Waals surface area contributed by atoms with Gasteiger partial charge in [-0.25, -0.2) is 9.97 Å². The minimum atomic E-state index is -0.234. The van der Waals surface area contributed by atoms with Gasteiger partial charge in [-0.05, 0) is 18.9 Å². The van der Waals surface area contributed by atoms with E-state index in [2.05, 4.69) is 25.5 Å². The van der Waals surface area contributed by atoms with Crippen LogP contribution < -0.4 is 15.5 Å². The zero-order chi connectivity index (χ0) is 14.5. The lowest BCUT2D eigenvalue weighted by atomic mass is 10.1. The fourth-order valence-corrected chi connectivity index (χ4v) is 2.77. The van der Waals surface area contributed by atoms with Gasteiger partial charge in [-0.1, -0.05) is 0 Å². The summed E-state index contributed by atoms with van der Waals surface area (Å²) in [6.45, 7) is 3.54. The second-order valence-corrected chi connectivity index (χ2v) is 5.42. The Kier molecular flexibility index (Phi) is 4.62. The van der Waals surface area contributed by atoms with E-state index in [9.17, 15) is 4.79 Å². The van der Waals surface area contributed by atoms with Gasteiger partial charge in [-0.2, -0.15) is 0 Å². The molecule has 7 nitrogen and oxygen atoms in total. The maximum Gasteiger partial charge on any atom is 0.239 e. The molecule has 0 aromatic carbocycles. The average Bonchev–Trinajstić information content (AvgIpc) is 2.57. The van der Waals surface area contributed by atoms with Crippen molar-refractivity contribution in [1.82, 2.24) is 20.6 Å². The largest absolute Gasteiger partial charge is 0.378 e. The molecule has 2 unspecified atom stereocenters. The van der Waals surface area contributed by atoms with Crippen LogP contribution in [-0.2, 0) is 9.53 Å². The van der Waals surface area contributed by atoms with E-state index in [1.807, 2.05) is 0 Å². The molecule has 21 heavy (non-hydrogen) atoms. The summed E-state index contributed by atoms with van der Waals surface area (Å²) >= 11 is 0. The van der Waals surface area contributed by atoms with Crippen LogP contribution in [0.5, 0.6) is 0 Å². The number of amides is 1.